The van der Waals surface area contributed by atoms with E-state index in [4.69, 9.17) is 14.2 Å². The van der Waals surface area contributed by atoms with Gasteiger partial charge in [-0.1, -0.05) is 12.1 Å². The van der Waals surface area contributed by atoms with Crippen molar-refractivity contribution in [1.29, 1.82) is 0 Å². The molecule has 0 unspecified atom stereocenters. The number of carbonyl (C=O) groups excluding carboxylic acids is 2. The van der Waals surface area contributed by atoms with E-state index in [-0.39, 0.29) is 28.6 Å². The number of hydrogen-bond acceptors (Lipinski definition) is 8. The van der Waals surface area contributed by atoms with Crippen molar-refractivity contribution in [3.8, 4) is 17.2 Å². The van der Waals surface area contributed by atoms with Crippen molar-refractivity contribution in [3.05, 3.63) is 52.6 Å². The van der Waals surface area contributed by atoms with Gasteiger partial charge in [0.25, 0.3) is 11.6 Å². The molecule has 0 aliphatic rings. The number of nitro groups is 1. The van der Waals surface area contributed by atoms with Gasteiger partial charge < -0.3 is 24.6 Å². The molecule has 0 heterocycles. The number of nitrogens with zero attached hydrogens (tertiary/aromatic N) is 1. The molecule has 2 aromatic carbocycles. The first-order valence-electron chi connectivity index (χ1n) is 7.59. The number of nitro benzene ring substituents is 1. The molecule has 0 aliphatic heterocycles. The number of anilines is 1. The topological polar surface area (TPSA) is 137 Å². The molecule has 0 bridgehead atoms. The fourth-order valence-corrected chi connectivity index (χ4v) is 1.99. The van der Waals surface area contributed by atoms with Crippen LogP contribution in [-0.2, 0) is 14.3 Å². The molecule has 2 N–H and O–H groups in total. The number of non-ortho nitro benzene ring substituents is 1. The van der Waals surface area contributed by atoms with Gasteiger partial charge in [-0.05, 0) is 18.2 Å². The molecule has 2 rings (SSSR count). The predicted octanol–water partition coefficient (Wildman–Crippen LogP) is 1.87. The third kappa shape index (κ3) is 5.59. The lowest BCUT2D eigenvalue weighted by Gasteiger charge is -2.11. The number of benzene rings is 2. The van der Waals surface area contributed by atoms with Crippen LogP contribution in [0.4, 0.5) is 11.4 Å². The molecule has 142 valence electrons. The minimum atomic E-state index is -0.816. The highest BCUT2D eigenvalue weighted by atomic mass is 16.6. The Morgan fingerprint density at radius 3 is 2.56 bits per heavy atom. The van der Waals surface area contributed by atoms with Crippen LogP contribution in [0.2, 0.25) is 0 Å². The minimum absolute atomic E-state index is 0.0896. The Morgan fingerprint density at radius 2 is 1.89 bits per heavy atom. The van der Waals surface area contributed by atoms with Gasteiger partial charge >= 0.3 is 5.97 Å². The molecule has 0 radical (unpaired) electrons. The second-order valence-electron chi connectivity index (χ2n) is 5.11. The van der Waals surface area contributed by atoms with Gasteiger partial charge in [0.05, 0.1) is 23.8 Å². The van der Waals surface area contributed by atoms with Crippen LogP contribution >= 0.6 is 0 Å². The number of carbonyl (C=O) groups is 2. The maximum Gasteiger partial charge on any atom is 0.344 e. The van der Waals surface area contributed by atoms with Crippen molar-refractivity contribution < 1.29 is 33.8 Å². The predicted molar refractivity (Wildman–Crippen MR) is 92.8 cm³/mol. The van der Waals surface area contributed by atoms with E-state index in [9.17, 15) is 24.8 Å². The molecule has 0 fully saturated rings. The Morgan fingerprint density at radius 1 is 1.15 bits per heavy atom. The molecular weight excluding hydrogens is 360 g/mol. The van der Waals surface area contributed by atoms with Crippen LogP contribution in [0, 0.1) is 10.1 Å². The highest BCUT2D eigenvalue weighted by molar-refractivity contribution is 5.94. The summed E-state index contributed by atoms with van der Waals surface area (Å²) in [5.74, 6) is -1.42. The van der Waals surface area contributed by atoms with Crippen LogP contribution in [-0.4, -0.2) is 42.2 Å². The molecule has 0 atom stereocenters. The van der Waals surface area contributed by atoms with E-state index < -0.39 is 30.0 Å². The molecule has 0 aliphatic carbocycles. The van der Waals surface area contributed by atoms with Gasteiger partial charge in [0.1, 0.15) is 5.75 Å². The smallest absolute Gasteiger partial charge is 0.344 e. The number of hydrogen-bond donors (Lipinski definition) is 2. The Kier molecular flexibility index (Phi) is 6.53. The molecule has 10 nitrogen and oxygen atoms in total. The van der Waals surface area contributed by atoms with E-state index >= 15 is 0 Å². The summed E-state index contributed by atoms with van der Waals surface area (Å²) in [6, 6.07) is 9.73. The highest BCUT2D eigenvalue weighted by Gasteiger charge is 2.15. The molecule has 10 heteroatoms. The van der Waals surface area contributed by atoms with E-state index in [1.165, 1.54) is 31.4 Å². The lowest BCUT2D eigenvalue weighted by atomic mass is 10.2. The second kappa shape index (κ2) is 9.04. The van der Waals surface area contributed by atoms with E-state index in [2.05, 4.69) is 5.32 Å². The molecule has 0 saturated heterocycles. The van der Waals surface area contributed by atoms with Crippen LogP contribution in [0.1, 0.15) is 0 Å². The zero-order valence-corrected chi connectivity index (χ0v) is 14.2. The fraction of sp³-hybridized carbons (Fsp3) is 0.176. The number of ether oxygens (including phenoxy) is 3. The van der Waals surface area contributed by atoms with E-state index in [1.807, 2.05) is 0 Å². The largest absolute Gasteiger partial charge is 0.504 e. The fourth-order valence-electron chi connectivity index (χ4n) is 1.99. The highest BCUT2D eigenvalue weighted by Crippen LogP contribution is 2.29. The van der Waals surface area contributed by atoms with Crippen LogP contribution in [0.25, 0.3) is 0 Å². The average molecular weight is 376 g/mol. The summed E-state index contributed by atoms with van der Waals surface area (Å²) in [6.07, 6.45) is 0. The van der Waals surface area contributed by atoms with Gasteiger partial charge in [-0.2, -0.15) is 0 Å². The summed E-state index contributed by atoms with van der Waals surface area (Å²) in [6.45, 7) is -1.09. The zero-order valence-electron chi connectivity index (χ0n) is 14.2. The minimum Gasteiger partial charge on any atom is -0.504 e. The van der Waals surface area contributed by atoms with Crippen molar-refractivity contribution in [1.82, 2.24) is 0 Å². The average Bonchev–Trinajstić information content (AvgIpc) is 2.65. The second-order valence-corrected chi connectivity index (χ2v) is 5.11. The third-order valence-electron chi connectivity index (χ3n) is 3.25. The van der Waals surface area contributed by atoms with Crippen molar-refractivity contribution in [2.75, 3.05) is 25.6 Å². The van der Waals surface area contributed by atoms with Crippen molar-refractivity contribution in [2.24, 2.45) is 0 Å². The first-order chi connectivity index (χ1) is 12.9. The standard InChI is InChI=1S/C17H16N2O8/c1-25-15-8-11(19(23)24)6-7-12(15)18-16(21)9-27-17(22)10-26-14-5-3-2-4-13(14)20/h2-8,20H,9-10H2,1H3,(H,18,21). The number of rotatable bonds is 8. The summed E-state index contributed by atoms with van der Waals surface area (Å²) >= 11 is 0. The van der Waals surface area contributed by atoms with Gasteiger partial charge in [-0.3, -0.25) is 14.9 Å². The number of para-hydroxylation sites is 2. The number of esters is 1. The molecule has 2 aromatic rings. The van der Waals surface area contributed by atoms with Gasteiger partial charge in [0.2, 0.25) is 0 Å². The number of aromatic hydroxyl groups is 1. The Bertz CT molecular complexity index is 853. The first-order valence-corrected chi connectivity index (χ1v) is 7.59. The number of nitrogens with one attached hydrogen (secondary N) is 1. The Balaban J connectivity index is 1.84. The molecule has 0 aromatic heterocycles. The number of methoxy groups -OCH3 is 1. The quantitative estimate of drug-likeness (QED) is 0.405. The summed E-state index contributed by atoms with van der Waals surface area (Å²) in [5.41, 5.74) is -0.00723. The summed E-state index contributed by atoms with van der Waals surface area (Å²) in [5, 5.41) is 22.7. The SMILES string of the molecule is COc1cc([N+](=O)[O-])ccc1NC(=O)COC(=O)COc1ccccc1O. The summed E-state index contributed by atoms with van der Waals surface area (Å²) < 4.78 is 14.8. The van der Waals surface area contributed by atoms with Gasteiger partial charge in [-0.25, -0.2) is 4.79 Å². The van der Waals surface area contributed by atoms with E-state index in [0.717, 1.165) is 6.07 Å². The van der Waals surface area contributed by atoms with Crippen LogP contribution in [0.15, 0.2) is 42.5 Å². The molecule has 0 spiro atoms. The maximum atomic E-state index is 11.9. The third-order valence-corrected chi connectivity index (χ3v) is 3.25. The van der Waals surface area contributed by atoms with E-state index in [1.54, 1.807) is 12.1 Å². The van der Waals surface area contributed by atoms with Crippen molar-refractivity contribution in [3.63, 3.8) is 0 Å². The Labute approximate surface area is 153 Å². The first kappa shape index (κ1) is 19.5. The van der Waals surface area contributed by atoms with Crippen molar-refractivity contribution >= 4 is 23.3 Å². The zero-order chi connectivity index (χ0) is 19.8. The monoisotopic (exact) mass is 376 g/mol. The van der Waals surface area contributed by atoms with Crippen LogP contribution in [0.3, 0.4) is 0 Å². The molecule has 1 amide bonds. The van der Waals surface area contributed by atoms with Crippen LogP contribution in [0.5, 0.6) is 17.2 Å². The maximum absolute atomic E-state index is 11.9. The normalized spacial score (nSPS) is 9.96. The number of phenols is 1. The van der Waals surface area contributed by atoms with Crippen molar-refractivity contribution in [2.45, 2.75) is 0 Å². The number of phenolic OH excluding ortho intramolecular Hbond substituents is 1. The van der Waals surface area contributed by atoms with Gasteiger partial charge in [-0.15, -0.1) is 0 Å². The summed E-state index contributed by atoms with van der Waals surface area (Å²) in [7, 11) is 1.30. The van der Waals surface area contributed by atoms with E-state index in [0.29, 0.717) is 0 Å². The van der Waals surface area contributed by atoms with Gasteiger partial charge in [0, 0.05) is 6.07 Å². The Hall–Kier alpha value is -3.82. The number of amides is 1. The van der Waals surface area contributed by atoms with Gasteiger partial charge in [0.15, 0.2) is 24.7 Å². The molecule has 0 saturated carbocycles. The lowest BCUT2D eigenvalue weighted by Crippen LogP contribution is -2.23. The summed E-state index contributed by atoms with van der Waals surface area (Å²) in [4.78, 5) is 33.6. The molecular formula is C17H16N2O8. The van der Waals surface area contributed by atoms with Crippen LogP contribution < -0.4 is 14.8 Å². The molecule has 27 heavy (non-hydrogen) atoms. The lowest BCUT2D eigenvalue weighted by molar-refractivity contribution is -0.384.